The zero-order chi connectivity index (χ0) is 20.6. The lowest BCUT2D eigenvalue weighted by Gasteiger charge is -2.32. The van der Waals surface area contributed by atoms with E-state index < -0.39 is 10.0 Å². The van der Waals surface area contributed by atoms with E-state index in [1.165, 1.54) is 15.4 Å². The molecule has 0 spiro atoms. The number of carbonyl (C=O) groups is 1. The van der Waals surface area contributed by atoms with Gasteiger partial charge >= 0.3 is 6.03 Å². The van der Waals surface area contributed by atoms with Crippen molar-refractivity contribution in [1.82, 2.24) is 19.8 Å². The summed E-state index contributed by atoms with van der Waals surface area (Å²) in [6.45, 7) is 7.54. The molecule has 1 saturated heterocycles. The summed E-state index contributed by atoms with van der Waals surface area (Å²) in [6, 6.07) is 8.49. The molecule has 2 N–H and O–H groups in total. The fraction of sp³-hybridized carbons (Fsp3) is 0.650. The second-order valence-electron chi connectivity index (χ2n) is 7.45. The van der Waals surface area contributed by atoms with Crippen molar-refractivity contribution in [3.63, 3.8) is 0 Å². The van der Waals surface area contributed by atoms with Crippen molar-refractivity contribution in [2.45, 2.75) is 45.7 Å². The van der Waals surface area contributed by atoms with Crippen LogP contribution in [0.5, 0.6) is 0 Å². The van der Waals surface area contributed by atoms with Crippen LogP contribution in [0.4, 0.5) is 4.79 Å². The van der Waals surface area contributed by atoms with E-state index >= 15 is 0 Å². The summed E-state index contributed by atoms with van der Waals surface area (Å²) in [7, 11) is -1.58. The highest BCUT2D eigenvalue weighted by Crippen LogP contribution is 2.16. The van der Waals surface area contributed by atoms with Crippen molar-refractivity contribution in [2.75, 3.05) is 39.0 Å². The molecule has 1 aliphatic rings. The highest BCUT2D eigenvalue weighted by Gasteiger charge is 2.21. The molecule has 28 heavy (non-hydrogen) atoms. The molecule has 0 unspecified atom stereocenters. The molecular weight excluding hydrogens is 376 g/mol. The Hall–Kier alpha value is -1.64. The van der Waals surface area contributed by atoms with Gasteiger partial charge in [0.1, 0.15) is 0 Å². The first-order valence-electron chi connectivity index (χ1n) is 10.1. The number of nitrogens with one attached hydrogen (secondary N) is 2. The Morgan fingerprint density at radius 2 is 1.93 bits per heavy atom. The molecule has 1 heterocycles. The average Bonchev–Trinajstić information content (AvgIpc) is 2.68. The second kappa shape index (κ2) is 10.8. The van der Waals surface area contributed by atoms with Gasteiger partial charge in [0, 0.05) is 45.8 Å². The highest BCUT2D eigenvalue weighted by atomic mass is 32.2. The van der Waals surface area contributed by atoms with E-state index in [9.17, 15) is 13.2 Å². The molecule has 0 bridgehead atoms. The standard InChI is InChI=1S/C20H34N4O3S/c1-4-28(26,27)23(3)13-7-12-21-20(25)22-19-10-14-24(15-11-19)16-18-9-6-5-8-17(18)2/h5-6,8-9,19H,4,7,10-16H2,1-3H3,(H2,21,22,25). The predicted octanol–water partition coefficient (Wildman–Crippen LogP) is 1.93. The topological polar surface area (TPSA) is 81.8 Å². The quantitative estimate of drug-likeness (QED) is 0.610. The van der Waals surface area contributed by atoms with Crippen LogP contribution in [-0.2, 0) is 16.6 Å². The first-order chi connectivity index (χ1) is 13.3. The molecule has 0 aromatic heterocycles. The molecule has 1 aromatic rings. The molecule has 1 aliphatic heterocycles. The normalized spacial score (nSPS) is 16.3. The van der Waals surface area contributed by atoms with Crippen LogP contribution in [-0.4, -0.2) is 68.7 Å². The van der Waals surface area contributed by atoms with Gasteiger partial charge in [-0.3, -0.25) is 4.90 Å². The third kappa shape index (κ3) is 7.07. The molecule has 1 fully saturated rings. The number of aryl methyl sites for hydroxylation is 1. The van der Waals surface area contributed by atoms with E-state index in [0.717, 1.165) is 32.5 Å². The van der Waals surface area contributed by atoms with Crippen LogP contribution in [0.25, 0.3) is 0 Å². The number of hydrogen-bond acceptors (Lipinski definition) is 4. The SMILES string of the molecule is CCS(=O)(=O)N(C)CCCNC(=O)NC1CCN(Cc2ccccc2C)CC1. The molecule has 1 aromatic carbocycles. The molecule has 8 heteroatoms. The number of piperidine rings is 1. The number of hydrogen-bond donors (Lipinski definition) is 2. The van der Waals surface area contributed by atoms with Crippen molar-refractivity contribution in [3.8, 4) is 0 Å². The number of benzene rings is 1. The van der Waals surface area contributed by atoms with E-state index in [1.54, 1.807) is 14.0 Å². The summed E-state index contributed by atoms with van der Waals surface area (Å²) in [5.41, 5.74) is 2.68. The van der Waals surface area contributed by atoms with Crippen LogP contribution in [0, 0.1) is 6.92 Å². The number of sulfonamides is 1. The number of amides is 2. The van der Waals surface area contributed by atoms with Crippen LogP contribution in [0.2, 0.25) is 0 Å². The third-order valence-corrected chi connectivity index (χ3v) is 7.21. The largest absolute Gasteiger partial charge is 0.338 e. The lowest BCUT2D eigenvalue weighted by atomic mass is 10.0. The molecule has 7 nitrogen and oxygen atoms in total. The summed E-state index contributed by atoms with van der Waals surface area (Å²) in [5.74, 6) is 0.0972. The molecule has 0 saturated carbocycles. The van der Waals surface area contributed by atoms with E-state index in [0.29, 0.717) is 19.5 Å². The Bertz CT molecular complexity index is 731. The predicted molar refractivity (Wildman–Crippen MR) is 113 cm³/mol. The van der Waals surface area contributed by atoms with E-state index in [-0.39, 0.29) is 17.8 Å². The van der Waals surface area contributed by atoms with Crippen LogP contribution in [0.15, 0.2) is 24.3 Å². The lowest BCUT2D eigenvalue weighted by Crippen LogP contribution is -2.48. The Morgan fingerprint density at radius 3 is 2.57 bits per heavy atom. The first kappa shape index (κ1) is 22.6. The van der Waals surface area contributed by atoms with E-state index in [4.69, 9.17) is 0 Å². The summed E-state index contributed by atoms with van der Waals surface area (Å²) >= 11 is 0. The van der Waals surface area contributed by atoms with Gasteiger partial charge in [-0.05, 0) is 44.2 Å². The van der Waals surface area contributed by atoms with Crippen LogP contribution in [0.3, 0.4) is 0 Å². The number of nitrogens with zero attached hydrogens (tertiary/aromatic N) is 2. The highest BCUT2D eigenvalue weighted by molar-refractivity contribution is 7.89. The number of carbonyl (C=O) groups excluding carboxylic acids is 1. The molecular formula is C20H34N4O3S. The fourth-order valence-corrected chi connectivity index (χ4v) is 4.21. The van der Waals surface area contributed by atoms with Gasteiger partial charge in [-0.2, -0.15) is 0 Å². The number of urea groups is 1. The minimum Gasteiger partial charge on any atom is -0.338 e. The van der Waals surface area contributed by atoms with Crippen molar-refractivity contribution in [2.24, 2.45) is 0 Å². The zero-order valence-electron chi connectivity index (χ0n) is 17.3. The number of rotatable bonds is 9. The Kier molecular flexibility index (Phi) is 8.72. The Labute approximate surface area is 169 Å². The summed E-state index contributed by atoms with van der Waals surface area (Å²) < 4.78 is 24.7. The van der Waals surface area contributed by atoms with Gasteiger partial charge in [0.2, 0.25) is 10.0 Å². The second-order valence-corrected chi connectivity index (χ2v) is 9.82. The molecule has 0 radical (unpaired) electrons. The van der Waals surface area contributed by atoms with Crippen molar-refractivity contribution < 1.29 is 13.2 Å². The Balaban J connectivity index is 1.62. The molecule has 2 amide bonds. The van der Waals surface area contributed by atoms with Gasteiger partial charge in [0.15, 0.2) is 0 Å². The third-order valence-electron chi connectivity index (χ3n) is 5.35. The summed E-state index contributed by atoms with van der Waals surface area (Å²) in [6.07, 6.45) is 2.48. The maximum absolute atomic E-state index is 12.1. The minimum absolute atomic E-state index is 0.0972. The minimum atomic E-state index is -3.15. The molecule has 2 rings (SSSR count). The Morgan fingerprint density at radius 1 is 1.25 bits per heavy atom. The van der Waals surface area contributed by atoms with Crippen molar-refractivity contribution in [3.05, 3.63) is 35.4 Å². The van der Waals surface area contributed by atoms with Crippen LogP contribution >= 0.6 is 0 Å². The van der Waals surface area contributed by atoms with Gasteiger partial charge in [-0.1, -0.05) is 24.3 Å². The van der Waals surface area contributed by atoms with Crippen molar-refractivity contribution in [1.29, 1.82) is 0 Å². The monoisotopic (exact) mass is 410 g/mol. The maximum Gasteiger partial charge on any atom is 0.315 e. The van der Waals surface area contributed by atoms with E-state index in [1.807, 2.05) is 0 Å². The van der Waals surface area contributed by atoms with Crippen LogP contribution in [0.1, 0.15) is 37.3 Å². The van der Waals surface area contributed by atoms with Gasteiger partial charge < -0.3 is 10.6 Å². The smallest absolute Gasteiger partial charge is 0.315 e. The molecule has 158 valence electrons. The lowest BCUT2D eigenvalue weighted by molar-refractivity contribution is 0.186. The molecule has 0 atom stereocenters. The fourth-order valence-electron chi connectivity index (χ4n) is 3.36. The van der Waals surface area contributed by atoms with Crippen LogP contribution < -0.4 is 10.6 Å². The average molecular weight is 411 g/mol. The van der Waals surface area contributed by atoms with Gasteiger partial charge in [0.05, 0.1) is 5.75 Å². The van der Waals surface area contributed by atoms with Crippen molar-refractivity contribution >= 4 is 16.1 Å². The van der Waals surface area contributed by atoms with E-state index in [2.05, 4.69) is 46.7 Å². The summed E-state index contributed by atoms with van der Waals surface area (Å²) in [4.78, 5) is 14.5. The number of likely N-dealkylation sites (tertiary alicyclic amines) is 1. The maximum atomic E-state index is 12.1. The van der Waals surface area contributed by atoms with Gasteiger partial charge in [-0.15, -0.1) is 0 Å². The molecule has 0 aliphatic carbocycles. The first-order valence-corrected chi connectivity index (χ1v) is 11.7. The zero-order valence-corrected chi connectivity index (χ0v) is 18.1. The summed E-state index contributed by atoms with van der Waals surface area (Å²) in [5, 5.41) is 5.86. The van der Waals surface area contributed by atoms with Gasteiger partial charge in [0.25, 0.3) is 0 Å². The van der Waals surface area contributed by atoms with Gasteiger partial charge in [-0.25, -0.2) is 17.5 Å².